The Kier molecular flexibility index (Phi) is 3.11. The highest BCUT2D eigenvalue weighted by Crippen LogP contribution is 2.31. The fraction of sp³-hybridized carbons (Fsp3) is 0.429. The van der Waals surface area contributed by atoms with Crippen LogP contribution in [0.2, 0.25) is 0 Å². The number of amides is 1. The van der Waals surface area contributed by atoms with Crippen molar-refractivity contribution in [3.63, 3.8) is 0 Å². The summed E-state index contributed by atoms with van der Waals surface area (Å²) in [5.41, 5.74) is 0.652. The molecule has 0 aliphatic heterocycles. The third-order valence-electron chi connectivity index (χ3n) is 3.76. The van der Waals surface area contributed by atoms with E-state index in [-0.39, 0.29) is 5.91 Å². The number of nitrogens with one attached hydrogen (secondary N) is 1. The Morgan fingerprint density at radius 3 is 2.84 bits per heavy atom. The van der Waals surface area contributed by atoms with Gasteiger partial charge in [-0.1, -0.05) is 12.8 Å². The largest absolute Gasteiger partial charge is 0.347 e. The molecule has 0 atom stereocenters. The second-order valence-corrected chi connectivity index (χ2v) is 5.06. The normalized spacial score (nSPS) is 15.8. The first-order valence-electron chi connectivity index (χ1n) is 6.72. The van der Waals surface area contributed by atoms with Gasteiger partial charge >= 0.3 is 0 Å². The predicted molar refractivity (Wildman–Crippen MR) is 73.1 cm³/mol. The molecule has 5 nitrogen and oxygen atoms in total. The summed E-state index contributed by atoms with van der Waals surface area (Å²) in [5.74, 6) is 0.699. The minimum atomic E-state index is -0.0905. The maximum atomic E-state index is 12.2. The van der Waals surface area contributed by atoms with Crippen molar-refractivity contribution in [3.05, 3.63) is 36.3 Å². The molecule has 0 aromatic carbocycles. The van der Waals surface area contributed by atoms with E-state index >= 15 is 0 Å². The summed E-state index contributed by atoms with van der Waals surface area (Å²) in [6.45, 7) is 0. The van der Waals surface area contributed by atoms with Crippen LogP contribution in [0.25, 0.3) is 0 Å². The highest BCUT2D eigenvalue weighted by Gasteiger charge is 2.21. The molecular formula is C14H18N4O. The summed E-state index contributed by atoms with van der Waals surface area (Å²) >= 11 is 0. The molecule has 1 aliphatic carbocycles. The highest BCUT2D eigenvalue weighted by molar-refractivity contribution is 6.02. The molecule has 19 heavy (non-hydrogen) atoms. The second kappa shape index (κ2) is 4.91. The van der Waals surface area contributed by atoms with E-state index < -0.39 is 0 Å². The SMILES string of the molecule is Cn1cccc1C(=O)Nc1ccnn1C1CCCC1. The van der Waals surface area contributed by atoms with E-state index in [1.807, 2.05) is 40.7 Å². The second-order valence-electron chi connectivity index (χ2n) is 5.06. The smallest absolute Gasteiger partial charge is 0.273 e. The fourth-order valence-corrected chi connectivity index (χ4v) is 2.73. The number of rotatable bonds is 3. The summed E-state index contributed by atoms with van der Waals surface area (Å²) in [6, 6.07) is 5.97. The van der Waals surface area contributed by atoms with Gasteiger partial charge in [-0.25, -0.2) is 4.68 Å². The van der Waals surface area contributed by atoms with Gasteiger partial charge in [0.2, 0.25) is 0 Å². The molecule has 0 unspecified atom stereocenters. The van der Waals surface area contributed by atoms with Gasteiger partial charge in [-0.3, -0.25) is 4.79 Å². The molecule has 3 rings (SSSR count). The van der Waals surface area contributed by atoms with E-state index in [4.69, 9.17) is 0 Å². The topological polar surface area (TPSA) is 51.9 Å². The van der Waals surface area contributed by atoms with Crippen LogP contribution in [0.3, 0.4) is 0 Å². The number of aryl methyl sites for hydroxylation is 1. The number of hydrogen-bond donors (Lipinski definition) is 1. The first-order chi connectivity index (χ1) is 9.25. The summed E-state index contributed by atoms with van der Waals surface area (Å²) in [4.78, 5) is 12.2. The standard InChI is InChI=1S/C14H18N4O/c1-17-10-4-7-12(17)14(19)16-13-8-9-15-18(13)11-5-2-3-6-11/h4,7-11H,2-3,5-6H2,1H3,(H,16,19). The molecule has 5 heteroatoms. The zero-order valence-electron chi connectivity index (χ0n) is 11.0. The van der Waals surface area contributed by atoms with Crippen molar-refractivity contribution in [2.75, 3.05) is 5.32 Å². The molecule has 1 amide bonds. The molecule has 1 N–H and O–H groups in total. The number of hydrogen-bond acceptors (Lipinski definition) is 2. The molecule has 2 aromatic rings. The lowest BCUT2D eigenvalue weighted by Crippen LogP contribution is -2.19. The van der Waals surface area contributed by atoms with Crippen molar-refractivity contribution in [3.8, 4) is 0 Å². The Hall–Kier alpha value is -2.04. The van der Waals surface area contributed by atoms with Gasteiger partial charge in [0.25, 0.3) is 5.91 Å². The molecular weight excluding hydrogens is 240 g/mol. The van der Waals surface area contributed by atoms with Crippen molar-refractivity contribution >= 4 is 11.7 Å². The number of aromatic nitrogens is 3. The van der Waals surface area contributed by atoms with E-state index in [1.54, 1.807) is 6.20 Å². The van der Waals surface area contributed by atoms with E-state index in [1.165, 1.54) is 12.8 Å². The zero-order chi connectivity index (χ0) is 13.2. The van der Waals surface area contributed by atoms with E-state index in [9.17, 15) is 4.79 Å². The Morgan fingerprint density at radius 2 is 2.16 bits per heavy atom. The molecule has 1 fully saturated rings. The van der Waals surface area contributed by atoms with Crippen LogP contribution in [0.15, 0.2) is 30.6 Å². The van der Waals surface area contributed by atoms with Crippen molar-refractivity contribution in [1.82, 2.24) is 14.3 Å². The van der Waals surface area contributed by atoms with Crippen LogP contribution in [-0.4, -0.2) is 20.3 Å². The van der Waals surface area contributed by atoms with Gasteiger partial charge in [0.1, 0.15) is 11.5 Å². The Labute approximate surface area is 112 Å². The lowest BCUT2D eigenvalue weighted by atomic mass is 10.2. The molecule has 2 heterocycles. The molecule has 0 radical (unpaired) electrons. The van der Waals surface area contributed by atoms with E-state index in [0.717, 1.165) is 18.7 Å². The summed E-state index contributed by atoms with van der Waals surface area (Å²) in [7, 11) is 1.86. The van der Waals surface area contributed by atoms with Gasteiger partial charge in [0.05, 0.1) is 12.2 Å². The van der Waals surface area contributed by atoms with Gasteiger partial charge in [-0.2, -0.15) is 5.10 Å². The quantitative estimate of drug-likeness (QED) is 0.920. The van der Waals surface area contributed by atoms with Crippen LogP contribution in [0.5, 0.6) is 0 Å². The molecule has 0 spiro atoms. The van der Waals surface area contributed by atoms with E-state index in [0.29, 0.717) is 11.7 Å². The average Bonchev–Trinajstić information content (AvgIpc) is 3.07. The Morgan fingerprint density at radius 1 is 1.37 bits per heavy atom. The number of nitrogens with zero attached hydrogens (tertiary/aromatic N) is 3. The van der Waals surface area contributed by atoms with Crippen LogP contribution in [0.1, 0.15) is 42.2 Å². The van der Waals surface area contributed by atoms with Gasteiger partial charge < -0.3 is 9.88 Å². The molecule has 0 bridgehead atoms. The fourth-order valence-electron chi connectivity index (χ4n) is 2.73. The average molecular weight is 258 g/mol. The van der Waals surface area contributed by atoms with Gasteiger partial charge in [-0.15, -0.1) is 0 Å². The summed E-state index contributed by atoms with van der Waals surface area (Å²) in [6.07, 6.45) is 8.40. The monoisotopic (exact) mass is 258 g/mol. The van der Waals surface area contributed by atoms with Crippen molar-refractivity contribution in [2.24, 2.45) is 7.05 Å². The van der Waals surface area contributed by atoms with Crippen molar-refractivity contribution in [1.29, 1.82) is 0 Å². The van der Waals surface area contributed by atoms with Crippen LogP contribution in [-0.2, 0) is 7.05 Å². The maximum Gasteiger partial charge on any atom is 0.273 e. The molecule has 2 aromatic heterocycles. The maximum absolute atomic E-state index is 12.2. The van der Waals surface area contributed by atoms with Gasteiger partial charge in [-0.05, 0) is 25.0 Å². The van der Waals surface area contributed by atoms with Crippen molar-refractivity contribution < 1.29 is 4.79 Å². The zero-order valence-corrected chi connectivity index (χ0v) is 11.0. The minimum absolute atomic E-state index is 0.0905. The third-order valence-corrected chi connectivity index (χ3v) is 3.76. The first-order valence-corrected chi connectivity index (χ1v) is 6.72. The summed E-state index contributed by atoms with van der Waals surface area (Å²) in [5, 5.41) is 7.30. The van der Waals surface area contributed by atoms with E-state index in [2.05, 4.69) is 10.4 Å². The number of carbonyl (C=O) groups is 1. The van der Waals surface area contributed by atoms with Crippen LogP contribution >= 0.6 is 0 Å². The number of anilines is 1. The van der Waals surface area contributed by atoms with Crippen LogP contribution in [0.4, 0.5) is 5.82 Å². The highest BCUT2D eigenvalue weighted by atomic mass is 16.2. The predicted octanol–water partition coefficient (Wildman–Crippen LogP) is 2.59. The lowest BCUT2D eigenvalue weighted by molar-refractivity contribution is 0.101. The summed E-state index contributed by atoms with van der Waals surface area (Å²) < 4.78 is 3.76. The molecule has 1 aliphatic rings. The van der Waals surface area contributed by atoms with Crippen LogP contribution < -0.4 is 5.32 Å². The van der Waals surface area contributed by atoms with Gasteiger partial charge in [0, 0.05) is 19.3 Å². The lowest BCUT2D eigenvalue weighted by Gasteiger charge is -2.14. The molecule has 100 valence electrons. The molecule has 0 saturated heterocycles. The molecule has 1 saturated carbocycles. The van der Waals surface area contributed by atoms with Crippen LogP contribution in [0, 0.1) is 0 Å². The Bertz CT molecular complexity index is 578. The van der Waals surface area contributed by atoms with Crippen molar-refractivity contribution in [2.45, 2.75) is 31.7 Å². The first kappa shape index (κ1) is 12.0. The van der Waals surface area contributed by atoms with Gasteiger partial charge in [0.15, 0.2) is 0 Å². The number of carbonyl (C=O) groups excluding carboxylic acids is 1. The minimum Gasteiger partial charge on any atom is -0.347 e. The Balaban J connectivity index is 1.78. The third kappa shape index (κ3) is 2.28.